The van der Waals surface area contributed by atoms with Crippen LogP contribution in [-0.4, -0.2) is 36.9 Å². The van der Waals surface area contributed by atoms with Crippen molar-refractivity contribution < 1.29 is 9.59 Å². The highest BCUT2D eigenvalue weighted by atomic mass is 35.5. The number of nitrogen functional groups attached to an aromatic ring is 1. The second-order valence-corrected chi connectivity index (χ2v) is 5.31. The number of carbonyl (C=O) groups is 2. The number of hydrogen-bond donors (Lipinski definition) is 2. The predicted molar refractivity (Wildman–Crippen MR) is 78.6 cm³/mol. The first kappa shape index (κ1) is 14.7. The average Bonchev–Trinajstić information content (AvgIpc) is 2.48. The number of likely N-dealkylation sites (tertiary alicyclic amines) is 1. The highest BCUT2D eigenvalue weighted by Gasteiger charge is 2.29. The van der Waals surface area contributed by atoms with E-state index in [0.717, 1.165) is 12.8 Å². The van der Waals surface area contributed by atoms with Gasteiger partial charge in [-0.05, 0) is 25.0 Å². The number of rotatable bonds is 2. The van der Waals surface area contributed by atoms with Gasteiger partial charge in [-0.1, -0.05) is 17.7 Å². The van der Waals surface area contributed by atoms with E-state index in [4.69, 9.17) is 17.3 Å². The van der Waals surface area contributed by atoms with Crippen molar-refractivity contribution in [1.82, 2.24) is 10.2 Å². The molecule has 1 saturated heterocycles. The van der Waals surface area contributed by atoms with Gasteiger partial charge in [0, 0.05) is 20.1 Å². The lowest BCUT2D eigenvalue weighted by atomic mass is 9.96. The third-order valence-electron chi connectivity index (χ3n) is 3.61. The molecule has 2 amide bonds. The third kappa shape index (κ3) is 2.88. The van der Waals surface area contributed by atoms with Gasteiger partial charge in [-0.25, -0.2) is 0 Å². The Morgan fingerprint density at radius 3 is 2.90 bits per heavy atom. The number of anilines is 1. The fraction of sp³-hybridized carbons (Fsp3) is 0.429. The molecule has 108 valence electrons. The van der Waals surface area contributed by atoms with Gasteiger partial charge in [0.2, 0.25) is 5.91 Å². The van der Waals surface area contributed by atoms with Crippen molar-refractivity contribution in [2.75, 3.05) is 25.9 Å². The van der Waals surface area contributed by atoms with E-state index >= 15 is 0 Å². The molecule has 0 saturated carbocycles. The molecule has 1 aromatic carbocycles. The second kappa shape index (κ2) is 6.13. The second-order valence-electron chi connectivity index (χ2n) is 4.91. The Morgan fingerprint density at radius 2 is 2.20 bits per heavy atom. The summed E-state index contributed by atoms with van der Waals surface area (Å²) in [6.45, 7) is 1.06. The Kier molecular flexibility index (Phi) is 4.49. The summed E-state index contributed by atoms with van der Waals surface area (Å²) in [6, 6.07) is 5.01. The number of piperidine rings is 1. The molecule has 1 heterocycles. The SMILES string of the molecule is CNC(=O)C1CCCN(C(=O)c2cccc(Cl)c2N)C1. The molecule has 2 rings (SSSR count). The Labute approximate surface area is 123 Å². The van der Waals surface area contributed by atoms with Crippen LogP contribution in [0, 0.1) is 5.92 Å². The molecule has 1 aliphatic heterocycles. The smallest absolute Gasteiger partial charge is 0.256 e. The van der Waals surface area contributed by atoms with Crippen molar-refractivity contribution >= 4 is 29.1 Å². The van der Waals surface area contributed by atoms with E-state index < -0.39 is 0 Å². The molecular formula is C14H18ClN3O2. The lowest BCUT2D eigenvalue weighted by Crippen LogP contribution is -2.45. The predicted octanol–water partition coefficient (Wildman–Crippen LogP) is 1.52. The van der Waals surface area contributed by atoms with Crippen molar-refractivity contribution in [3.8, 4) is 0 Å². The highest BCUT2D eigenvalue weighted by molar-refractivity contribution is 6.33. The lowest BCUT2D eigenvalue weighted by molar-refractivity contribution is -0.125. The van der Waals surface area contributed by atoms with E-state index in [1.165, 1.54) is 0 Å². The highest BCUT2D eigenvalue weighted by Crippen LogP contribution is 2.25. The number of nitrogens with zero attached hydrogens (tertiary/aromatic N) is 1. The fourth-order valence-electron chi connectivity index (χ4n) is 2.47. The maximum Gasteiger partial charge on any atom is 0.256 e. The van der Waals surface area contributed by atoms with Crippen molar-refractivity contribution in [2.24, 2.45) is 5.92 Å². The van der Waals surface area contributed by atoms with Crippen LogP contribution < -0.4 is 11.1 Å². The Hall–Kier alpha value is -1.75. The summed E-state index contributed by atoms with van der Waals surface area (Å²) in [5.74, 6) is -0.349. The molecule has 20 heavy (non-hydrogen) atoms. The minimum atomic E-state index is -0.168. The number of amides is 2. The topological polar surface area (TPSA) is 75.4 Å². The van der Waals surface area contributed by atoms with Gasteiger partial charge in [-0.2, -0.15) is 0 Å². The minimum absolute atomic E-state index is 0.0263. The summed E-state index contributed by atoms with van der Waals surface area (Å²) in [4.78, 5) is 25.9. The molecule has 0 radical (unpaired) electrons. The summed E-state index contributed by atoms with van der Waals surface area (Å²) < 4.78 is 0. The molecule has 0 bridgehead atoms. The summed E-state index contributed by atoms with van der Waals surface area (Å²) in [5.41, 5.74) is 6.54. The Balaban J connectivity index is 2.16. The molecule has 1 unspecified atom stereocenters. The molecule has 0 aromatic heterocycles. The zero-order valence-corrected chi connectivity index (χ0v) is 12.1. The van der Waals surface area contributed by atoms with E-state index in [1.54, 1.807) is 30.1 Å². The lowest BCUT2D eigenvalue weighted by Gasteiger charge is -2.32. The number of hydrogen-bond acceptors (Lipinski definition) is 3. The molecule has 3 N–H and O–H groups in total. The Bertz CT molecular complexity index is 533. The first-order valence-corrected chi connectivity index (χ1v) is 6.97. The van der Waals surface area contributed by atoms with Gasteiger partial charge < -0.3 is 16.0 Å². The number of halogens is 1. The van der Waals surface area contributed by atoms with E-state index in [9.17, 15) is 9.59 Å². The number of nitrogens with one attached hydrogen (secondary N) is 1. The first-order chi connectivity index (χ1) is 9.54. The number of para-hydroxylation sites is 1. The molecule has 1 atom stereocenters. The van der Waals surface area contributed by atoms with E-state index in [0.29, 0.717) is 29.4 Å². The summed E-state index contributed by atoms with van der Waals surface area (Å²) in [7, 11) is 1.61. The van der Waals surface area contributed by atoms with Crippen molar-refractivity contribution in [3.05, 3.63) is 28.8 Å². The molecular weight excluding hydrogens is 278 g/mol. The minimum Gasteiger partial charge on any atom is -0.397 e. The maximum absolute atomic E-state index is 12.5. The van der Waals surface area contributed by atoms with Gasteiger partial charge in [0.15, 0.2) is 0 Å². The van der Waals surface area contributed by atoms with Crippen LogP contribution in [0.1, 0.15) is 23.2 Å². The zero-order valence-electron chi connectivity index (χ0n) is 11.4. The standard InChI is InChI=1S/C14H18ClN3O2/c1-17-13(19)9-4-3-7-18(8-9)14(20)10-5-2-6-11(15)12(10)16/h2,5-6,9H,3-4,7-8,16H2,1H3,(H,17,19). The van der Waals surface area contributed by atoms with E-state index in [-0.39, 0.29) is 17.7 Å². The van der Waals surface area contributed by atoms with Crippen LogP contribution in [0.4, 0.5) is 5.69 Å². The summed E-state index contributed by atoms with van der Waals surface area (Å²) in [6.07, 6.45) is 1.61. The molecule has 5 nitrogen and oxygen atoms in total. The van der Waals surface area contributed by atoms with Crippen molar-refractivity contribution in [3.63, 3.8) is 0 Å². The zero-order chi connectivity index (χ0) is 14.7. The summed E-state index contributed by atoms with van der Waals surface area (Å²) >= 11 is 5.94. The van der Waals surface area contributed by atoms with Crippen LogP contribution in [0.3, 0.4) is 0 Å². The maximum atomic E-state index is 12.5. The number of benzene rings is 1. The normalized spacial score (nSPS) is 18.7. The van der Waals surface area contributed by atoms with Crippen LogP contribution in [0.5, 0.6) is 0 Å². The van der Waals surface area contributed by atoms with E-state index in [2.05, 4.69) is 5.32 Å². The van der Waals surface area contributed by atoms with Gasteiger partial charge in [0.05, 0.1) is 22.2 Å². The van der Waals surface area contributed by atoms with Gasteiger partial charge in [0.1, 0.15) is 0 Å². The van der Waals surface area contributed by atoms with Crippen LogP contribution in [0.25, 0.3) is 0 Å². The van der Waals surface area contributed by atoms with Gasteiger partial charge in [-0.15, -0.1) is 0 Å². The van der Waals surface area contributed by atoms with Gasteiger partial charge >= 0.3 is 0 Å². The third-order valence-corrected chi connectivity index (χ3v) is 3.94. The molecule has 0 aliphatic carbocycles. The first-order valence-electron chi connectivity index (χ1n) is 6.59. The van der Waals surface area contributed by atoms with Gasteiger partial charge in [0.25, 0.3) is 5.91 Å². The largest absolute Gasteiger partial charge is 0.397 e. The molecule has 1 fully saturated rings. The number of carbonyl (C=O) groups excluding carboxylic acids is 2. The molecule has 1 aliphatic rings. The quantitative estimate of drug-likeness (QED) is 0.812. The molecule has 0 spiro atoms. The number of nitrogens with two attached hydrogens (primary N) is 1. The molecule has 1 aromatic rings. The summed E-state index contributed by atoms with van der Waals surface area (Å²) in [5, 5.41) is 3.00. The fourth-order valence-corrected chi connectivity index (χ4v) is 2.65. The van der Waals surface area contributed by atoms with Crippen LogP contribution in [-0.2, 0) is 4.79 Å². The van der Waals surface area contributed by atoms with Gasteiger partial charge in [-0.3, -0.25) is 9.59 Å². The Morgan fingerprint density at radius 1 is 1.45 bits per heavy atom. The van der Waals surface area contributed by atoms with Crippen LogP contribution in [0.15, 0.2) is 18.2 Å². The van der Waals surface area contributed by atoms with Crippen molar-refractivity contribution in [2.45, 2.75) is 12.8 Å². The monoisotopic (exact) mass is 295 g/mol. The molecule has 6 heteroatoms. The average molecular weight is 296 g/mol. The van der Waals surface area contributed by atoms with Crippen LogP contribution in [0.2, 0.25) is 5.02 Å². The van der Waals surface area contributed by atoms with Crippen LogP contribution >= 0.6 is 11.6 Å². The van der Waals surface area contributed by atoms with Crippen molar-refractivity contribution in [1.29, 1.82) is 0 Å². The van der Waals surface area contributed by atoms with E-state index in [1.807, 2.05) is 0 Å².